The lowest BCUT2D eigenvalue weighted by molar-refractivity contribution is -0.140. The van der Waals surface area contributed by atoms with Crippen LogP contribution in [0.5, 0.6) is 0 Å². The minimum absolute atomic E-state index is 0.0251. The summed E-state index contributed by atoms with van der Waals surface area (Å²) in [7, 11) is 0. The summed E-state index contributed by atoms with van der Waals surface area (Å²) in [6, 6.07) is 13.3. The minimum Gasteiger partial charge on any atom is -0.352 e. The molecule has 0 radical (unpaired) electrons. The zero-order valence-corrected chi connectivity index (χ0v) is 16.3. The first-order valence-electron chi connectivity index (χ1n) is 9.16. The van der Waals surface area contributed by atoms with Crippen LogP contribution in [0.1, 0.15) is 37.5 Å². The number of carbonyl (C=O) groups is 2. The van der Waals surface area contributed by atoms with Crippen molar-refractivity contribution in [3.63, 3.8) is 0 Å². The predicted molar refractivity (Wildman–Crippen MR) is 105 cm³/mol. The van der Waals surface area contributed by atoms with E-state index in [0.717, 1.165) is 11.1 Å². The van der Waals surface area contributed by atoms with Gasteiger partial charge in [0.2, 0.25) is 11.8 Å². The second-order valence-corrected chi connectivity index (χ2v) is 7.11. The topological polar surface area (TPSA) is 49.4 Å². The van der Waals surface area contributed by atoms with Gasteiger partial charge < -0.3 is 10.2 Å². The second-order valence-electron chi connectivity index (χ2n) is 7.11. The molecule has 2 aromatic rings. The highest BCUT2D eigenvalue weighted by Crippen LogP contribution is 2.15. The van der Waals surface area contributed by atoms with Crippen LogP contribution in [0.25, 0.3) is 0 Å². The average Bonchev–Trinajstić information content (AvgIpc) is 2.62. The molecule has 2 aromatic carbocycles. The molecule has 2 amide bonds. The molecule has 0 aliphatic carbocycles. The molecule has 0 spiro atoms. The van der Waals surface area contributed by atoms with Crippen molar-refractivity contribution in [1.82, 2.24) is 10.2 Å². The number of nitrogens with one attached hydrogen (secondary N) is 1. The Bertz CT molecular complexity index is 787. The molecule has 1 N–H and O–H groups in total. The van der Waals surface area contributed by atoms with Gasteiger partial charge in [0.1, 0.15) is 11.9 Å². The van der Waals surface area contributed by atoms with Crippen LogP contribution in [0.2, 0.25) is 0 Å². The van der Waals surface area contributed by atoms with Gasteiger partial charge in [0.25, 0.3) is 0 Å². The zero-order valence-electron chi connectivity index (χ0n) is 16.3. The summed E-state index contributed by atoms with van der Waals surface area (Å²) in [5.41, 5.74) is 2.37. The Morgan fingerprint density at radius 1 is 1.04 bits per heavy atom. The molecule has 27 heavy (non-hydrogen) atoms. The summed E-state index contributed by atoms with van der Waals surface area (Å²) >= 11 is 0. The lowest BCUT2D eigenvalue weighted by Gasteiger charge is -2.29. The first kappa shape index (κ1) is 20.6. The Balaban J connectivity index is 2.24. The molecular formula is C22H27FN2O2. The van der Waals surface area contributed by atoms with Crippen molar-refractivity contribution in [3.05, 3.63) is 71.0 Å². The van der Waals surface area contributed by atoms with Crippen molar-refractivity contribution in [3.8, 4) is 0 Å². The fourth-order valence-corrected chi connectivity index (χ4v) is 2.78. The number of halogens is 1. The van der Waals surface area contributed by atoms with E-state index < -0.39 is 11.9 Å². The van der Waals surface area contributed by atoms with Gasteiger partial charge in [0.05, 0.1) is 6.42 Å². The van der Waals surface area contributed by atoms with Gasteiger partial charge in [-0.15, -0.1) is 0 Å². The summed E-state index contributed by atoms with van der Waals surface area (Å²) in [5.74, 6) is -0.925. The summed E-state index contributed by atoms with van der Waals surface area (Å²) in [5, 5.41) is 2.84. The van der Waals surface area contributed by atoms with Gasteiger partial charge in [-0.2, -0.15) is 0 Å². The van der Waals surface area contributed by atoms with Crippen LogP contribution in [0.15, 0.2) is 48.5 Å². The molecule has 0 fully saturated rings. The number of benzene rings is 2. The van der Waals surface area contributed by atoms with Crippen LogP contribution in [-0.4, -0.2) is 28.8 Å². The van der Waals surface area contributed by atoms with E-state index in [1.54, 1.807) is 25.1 Å². The highest BCUT2D eigenvalue weighted by Gasteiger charge is 2.27. The van der Waals surface area contributed by atoms with Gasteiger partial charge >= 0.3 is 0 Å². The quantitative estimate of drug-likeness (QED) is 0.809. The molecule has 0 aliphatic heterocycles. The van der Waals surface area contributed by atoms with Crippen molar-refractivity contribution >= 4 is 11.8 Å². The highest BCUT2D eigenvalue weighted by molar-refractivity contribution is 5.88. The maximum absolute atomic E-state index is 14.0. The maximum atomic E-state index is 14.0. The van der Waals surface area contributed by atoms with Gasteiger partial charge in [-0.05, 0) is 44.9 Å². The fourth-order valence-electron chi connectivity index (χ4n) is 2.78. The first-order chi connectivity index (χ1) is 12.8. The third-order valence-corrected chi connectivity index (χ3v) is 4.37. The maximum Gasteiger partial charge on any atom is 0.242 e. The molecule has 0 saturated carbocycles. The minimum atomic E-state index is -0.659. The van der Waals surface area contributed by atoms with Crippen molar-refractivity contribution in [2.24, 2.45) is 0 Å². The average molecular weight is 370 g/mol. The highest BCUT2D eigenvalue weighted by atomic mass is 19.1. The number of hydrogen-bond donors (Lipinski definition) is 1. The molecule has 1 unspecified atom stereocenters. The van der Waals surface area contributed by atoms with E-state index in [1.165, 1.54) is 11.0 Å². The number of nitrogens with zero attached hydrogens (tertiary/aromatic N) is 1. The number of aryl methyl sites for hydroxylation is 1. The molecule has 0 saturated heterocycles. The van der Waals surface area contributed by atoms with E-state index in [1.807, 2.05) is 45.0 Å². The molecule has 4 nitrogen and oxygen atoms in total. The lowest BCUT2D eigenvalue weighted by atomic mass is 10.1. The molecule has 0 heterocycles. The molecule has 5 heteroatoms. The van der Waals surface area contributed by atoms with Crippen molar-refractivity contribution in [2.75, 3.05) is 0 Å². The van der Waals surface area contributed by atoms with Crippen LogP contribution in [-0.2, 0) is 22.6 Å². The van der Waals surface area contributed by atoms with Crippen LogP contribution in [0.4, 0.5) is 4.39 Å². The SMILES string of the molecule is Cc1ccc(CN(C(=O)Cc2ccccc2F)C(C)C(=O)NC(C)C)cc1. The zero-order chi connectivity index (χ0) is 20.0. The molecule has 0 bridgehead atoms. The Labute approximate surface area is 160 Å². The van der Waals surface area contributed by atoms with E-state index in [-0.39, 0.29) is 24.3 Å². The Hall–Kier alpha value is -2.69. The van der Waals surface area contributed by atoms with Crippen LogP contribution in [0.3, 0.4) is 0 Å². The number of hydrogen-bond acceptors (Lipinski definition) is 2. The molecule has 0 aromatic heterocycles. The summed E-state index contributed by atoms with van der Waals surface area (Å²) < 4.78 is 14.0. The van der Waals surface area contributed by atoms with Gasteiger partial charge in [-0.25, -0.2) is 4.39 Å². The van der Waals surface area contributed by atoms with Gasteiger partial charge in [0.15, 0.2) is 0 Å². The van der Waals surface area contributed by atoms with Crippen molar-refractivity contribution < 1.29 is 14.0 Å². The largest absolute Gasteiger partial charge is 0.352 e. The molecule has 2 rings (SSSR count). The summed E-state index contributed by atoms with van der Waals surface area (Å²) in [4.78, 5) is 26.9. The Morgan fingerprint density at radius 2 is 1.67 bits per heavy atom. The predicted octanol–water partition coefficient (Wildman–Crippen LogP) is 3.62. The Morgan fingerprint density at radius 3 is 2.26 bits per heavy atom. The molecular weight excluding hydrogens is 343 g/mol. The van der Waals surface area contributed by atoms with Crippen LogP contribution >= 0.6 is 0 Å². The Kier molecular flexibility index (Phi) is 7.11. The summed E-state index contributed by atoms with van der Waals surface area (Å²) in [6.45, 7) is 7.72. The molecule has 1 atom stereocenters. The first-order valence-corrected chi connectivity index (χ1v) is 9.16. The van der Waals surface area contributed by atoms with Gasteiger partial charge in [-0.3, -0.25) is 9.59 Å². The normalized spacial score (nSPS) is 11.9. The standard InChI is InChI=1S/C22H27FN2O2/c1-15(2)24-22(27)17(4)25(14-18-11-9-16(3)10-12-18)21(26)13-19-7-5-6-8-20(19)23/h5-12,15,17H,13-14H2,1-4H3,(H,24,27). The van der Waals surface area contributed by atoms with Crippen molar-refractivity contribution in [2.45, 2.75) is 52.7 Å². The molecule has 0 aliphatic rings. The fraction of sp³-hybridized carbons (Fsp3) is 0.364. The van der Waals surface area contributed by atoms with E-state index in [0.29, 0.717) is 12.1 Å². The monoisotopic (exact) mass is 370 g/mol. The lowest BCUT2D eigenvalue weighted by Crippen LogP contribution is -2.49. The summed E-state index contributed by atoms with van der Waals surface area (Å²) in [6.07, 6.45) is -0.0855. The number of amides is 2. The van der Waals surface area contributed by atoms with Crippen molar-refractivity contribution in [1.29, 1.82) is 0 Å². The third-order valence-electron chi connectivity index (χ3n) is 4.37. The van der Waals surface area contributed by atoms with Gasteiger partial charge in [0, 0.05) is 12.6 Å². The second kappa shape index (κ2) is 9.31. The number of carbonyl (C=O) groups excluding carboxylic acids is 2. The third kappa shape index (κ3) is 5.91. The van der Waals surface area contributed by atoms with E-state index in [9.17, 15) is 14.0 Å². The van der Waals surface area contributed by atoms with E-state index >= 15 is 0 Å². The van der Waals surface area contributed by atoms with E-state index in [4.69, 9.17) is 0 Å². The number of rotatable bonds is 7. The van der Waals surface area contributed by atoms with Gasteiger partial charge in [-0.1, -0.05) is 48.0 Å². The smallest absolute Gasteiger partial charge is 0.242 e. The van der Waals surface area contributed by atoms with E-state index in [2.05, 4.69) is 5.32 Å². The van der Waals surface area contributed by atoms with Crippen LogP contribution in [0, 0.1) is 12.7 Å². The van der Waals surface area contributed by atoms with Crippen LogP contribution < -0.4 is 5.32 Å². The molecule has 144 valence electrons.